The Morgan fingerprint density at radius 1 is 0.755 bits per heavy atom. The van der Waals surface area contributed by atoms with E-state index < -0.39 is 53.4 Å². The monoisotopic (exact) mass is 764 g/mol. The average molecular weight is 765 g/mol. The van der Waals surface area contributed by atoms with Crippen LogP contribution >= 0.6 is 0 Å². The standard InChI is InChI=1S/C16H18N4O4S.C10H14N2O3S.2O3S/c17-14-3-1-2-11(10-15(18)22)16(14)20-19-12-4-6-13(7-5-12)25(23,24)9-8-21;1-8-7-9(16(14,15)6-5-13)3-4-10(8)12-11-2;2*1-4(2)3/h1-7,21H,8-10,17H2,(H2,18,22);3-4,7,13H,5-6H2,1-2H3;;. The van der Waals surface area contributed by atoms with Crippen LogP contribution in [0.15, 0.2) is 90.9 Å². The Balaban J connectivity index is 0.000000817. The molecule has 3 aromatic carbocycles. The second-order valence-corrected chi connectivity index (χ2v) is 14.0. The number of azo groups is 2. The molecule has 0 aliphatic carbocycles. The lowest BCUT2D eigenvalue weighted by molar-refractivity contribution is -0.117. The number of hydrogen-bond acceptors (Lipinski definition) is 18. The van der Waals surface area contributed by atoms with Crippen LogP contribution in [0, 0.1) is 6.92 Å². The van der Waals surface area contributed by atoms with Crippen molar-refractivity contribution >= 4 is 69.5 Å². The summed E-state index contributed by atoms with van der Waals surface area (Å²) < 4.78 is 97.6. The van der Waals surface area contributed by atoms with Crippen molar-refractivity contribution < 1.29 is 57.1 Å². The predicted molar refractivity (Wildman–Crippen MR) is 174 cm³/mol. The molecule has 0 heterocycles. The quantitative estimate of drug-likeness (QED) is 0.156. The number of nitrogen functional groups attached to an aromatic ring is 1. The van der Waals surface area contributed by atoms with E-state index >= 15 is 0 Å². The minimum atomic E-state index is -3.51. The molecule has 0 fully saturated rings. The number of nitrogens with two attached hydrogens (primary N) is 2. The predicted octanol–water partition coefficient (Wildman–Crippen LogP) is 0.944. The zero-order valence-electron chi connectivity index (χ0n) is 25.8. The van der Waals surface area contributed by atoms with E-state index in [0.717, 1.165) is 5.56 Å². The summed E-state index contributed by atoms with van der Waals surface area (Å²) in [6.45, 7) is 0.944. The van der Waals surface area contributed by atoms with Crippen molar-refractivity contribution in [1.82, 2.24) is 0 Å². The van der Waals surface area contributed by atoms with Gasteiger partial charge in [0, 0.05) is 7.05 Å². The zero-order valence-corrected chi connectivity index (χ0v) is 29.0. The third kappa shape index (κ3) is 17.8. The molecule has 0 saturated heterocycles. The highest BCUT2D eigenvalue weighted by Crippen LogP contribution is 2.29. The molecule has 0 bridgehead atoms. The van der Waals surface area contributed by atoms with Gasteiger partial charge in [-0.1, -0.05) is 12.1 Å². The zero-order chi connectivity index (χ0) is 37.8. The number of primary amides is 1. The number of aliphatic hydroxyl groups is 2. The molecule has 6 N–H and O–H groups in total. The maximum Gasteiger partial charge on any atom is 0.425 e. The third-order valence-corrected chi connectivity index (χ3v) is 8.83. The molecule has 268 valence electrons. The molecule has 0 aromatic heterocycles. The van der Waals surface area contributed by atoms with Gasteiger partial charge in [-0.2, -0.15) is 15.3 Å². The molecule has 49 heavy (non-hydrogen) atoms. The van der Waals surface area contributed by atoms with Gasteiger partial charge in [0.15, 0.2) is 19.7 Å². The Kier molecular flexibility index (Phi) is 19.8. The number of benzene rings is 3. The first kappa shape index (κ1) is 44.2. The fourth-order valence-corrected chi connectivity index (χ4v) is 5.54. The van der Waals surface area contributed by atoms with Crippen LogP contribution in [0.3, 0.4) is 0 Å². The number of carbonyl (C=O) groups is 1. The van der Waals surface area contributed by atoms with Crippen LogP contribution in [0.2, 0.25) is 0 Å². The summed E-state index contributed by atoms with van der Waals surface area (Å²) in [6.07, 6.45) is -0.0161. The van der Waals surface area contributed by atoms with Crippen LogP contribution in [0.25, 0.3) is 0 Å². The van der Waals surface area contributed by atoms with E-state index in [1.165, 1.54) is 36.4 Å². The minimum Gasteiger partial charge on any atom is -0.397 e. The van der Waals surface area contributed by atoms with Gasteiger partial charge in [-0.15, -0.1) is 30.4 Å². The minimum absolute atomic E-state index is 0.0161. The number of amides is 1. The molecule has 0 atom stereocenters. The van der Waals surface area contributed by atoms with E-state index in [2.05, 4.69) is 20.5 Å². The number of nitrogens with zero attached hydrogens (tertiary/aromatic N) is 4. The topological polar surface area (TPSA) is 330 Å². The van der Waals surface area contributed by atoms with Crippen LogP contribution in [-0.4, -0.2) is 90.0 Å². The van der Waals surface area contributed by atoms with E-state index in [1.54, 1.807) is 38.2 Å². The van der Waals surface area contributed by atoms with Crippen LogP contribution in [-0.2, 0) is 52.1 Å². The average Bonchev–Trinajstić information content (AvgIpc) is 2.98. The van der Waals surface area contributed by atoms with Crippen molar-refractivity contribution in [2.24, 2.45) is 26.2 Å². The summed E-state index contributed by atoms with van der Waals surface area (Å²) >= 11 is 0. The lowest BCUT2D eigenvalue weighted by atomic mass is 10.1. The molecular weight excluding hydrogens is 733 g/mol. The van der Waals surface area contributed by atoms with E-state index in [0.29, 0.717) is 28.3 Å². The highest BCUT2D eigenvalue weighted by atomic mass is 32.2. The summed E-state index contributed by atoms with van der Waals surface area (Å²) in [5, 5.41) is 33.0. The Morgan fingerprint density at radius 3 is 1.69 bits per heavy atom. The second kappa shape index (κ2) is 21.9. The summed E-state index contributed by atoms with van der Waals surface area (Å²) in [7, 11) is -11.6. The molecule has 0 radical (unpaired) electrons. The first-order chi connectivity index (χ1) is 22.8. The smallest absolute Gasteiger partial charge is 0.397 e. The van der Waals surface area contributed by atoms with Crippen molar-refractivity contribution in [3.8, 4) is 0 Å². The molecule has 0 spiro atoms. The first-order valence-electron chi connectivity index (χ1n) is 13.1. The summed E-state index contributed by atoms with van der Waals surface area (Å²) in [6, 6.07) is 15.4. The Labute approximate surface area is 284 Å². The molecule has 23 heteroatoms. The number of aliphatic hydroxyl groups excluding tert-OH is 2. The van der Waals surface area contributed by atoms with Crippen LogP contribution < -0.4 is 11.5 Å². The number of aryl methyl sites for hydroxylation is 1. The Morgan fingerprint density at radius 2 is 1.24 bits per heavy atom. The van der Waals surface area contributed by atoms with Crippen LogP contribution in [0.1, 0.15) is 11.1 Å². The number of hydrogen-bond donors (Lipinski definition) is 4. The molecule has 0 aliphatic rings. The van der Waals surface area contributed by atoms with E-state index in [9.17, 15) is 21.6 Å². The van der Waals surface area contributed by atoms with Crippen LogP contribution in [0.4, 0.5) is 22.7 Å². The number of sulfone groups is 2. The van der Waals surface area contributed by atoms with Gasteiger partial charge in [0.1, 0.15) is 5.69 Å². The van der Waals surface area contributed by atoms with Crippen molar-refractivity contribution in [1.29, 1.82) is 0 Å². The van der Waals surface area contributed by atoms with Gasteiger partial charge < -0.3 is 21.7 Å². The van der Waals surface area contributed by atoms with E-state index in [-0.39, 0.29) is 34.3 Å². The van der Waals surface area contributed by atoms with Crippen LogP contribution in [0.5, 0.6) is 0 Å². The molecule has 1 amide bonds. The molecule has 0 unspecified atom stereocenters. The summed E-state index contributed by atoms with van der Waals surface area (Å²) in [4.78, 5) is 11.4. The maximum atomic E-state index is 11.8. The fourth-order valence-electron chi connectivity index (χ4n) is 3.41. The lowest BCUT2D eigenvalue weighted by Gasteiger charge is -2.06. The Hall–Kier alpha value is -4.81. The second-order valence-electron chi connectivity index (χ2n) is 8.93. The van der Waals surface area contributed by atoms with Crippen molar-refractivity contribution in [2.75, 3.05) is 37.5 Å². The number of anilines is 1. The number of carbonyl (C=O) groups excluding carboxylic acids is 1. The lowest BCUT2D eigenvalue weighted by Crippen LogP contribution is -2.13. The van der Waals surface area contributed by atoms with E-state index in [1.807, 2.05) is 0 Å². The van der Waals surface area contributed by atoms with Gasteiger partial charge >= 0.3 is 21.2 Å². The Bertz CT molecular complexity index is 2030. The molecule has 19 nitrogen and oxygen atoms in total. The highest BCUT2D eigenvalue weighted by Gasteiger charge is 2.15. The third-order valence-electron chi connectivity index (χ3n) is 5.43. The number of rotatable bonds is 11. The highest BCUT2D eigenvalue weighted by molar-refractivity contribution is 7.91. The SMILES string of the molecule is CN=Nc1ccc(S(=O)(=O)CCO)cc1C.NC(=O)Cc1cccc(N)c1N=Nc1ccc(S(=O)(=O)CCO)cc1.O=S(=O)=O.O=S(=O)=O. The molecular formula is C26H32N6O13S4. The molecule has 3 aromatic rings. The van der Waals surface area contributed by atoms with E-state index in [4.69, 9.17) is 46.9 Å². The summed E-state index contributed by atoms with van der Waals surface area (Å²) in [5.41, 5.74) is 14.1. The van der Waals surface area contributed by atoms with Crippen molar-refractivity contribution in [3.63, 3.8) is 0 Å². The van der Waals surface area contributed by atoms with Gasteiger partial charge in [-0.05, 0) is 66.6 Å². The largest absolute Gasteiger partial charge is 0.425 e. The van der Waals surface area contributed by atoms with Gasteiger partial charge in [0.25, 0.3) is 0 Å². The fraction of sp³-hybridized carbons (Fsp3) is 0.269. The molecule has 0 saturated carbocycles. The van der Waals surface area contributed by atoms with Crippen molar-refractivity contribution in [3.05, 3.63) is 71.8 Å². The normalized spacial score (nSPS) is 10.9. The maximum absolute atomic E-state index is 11.8. The first-order valence-corrected chi connectivity index (χ1v) is 18.4. The van der Waals surface area contributed by atoms with Gasteiger partial charge in [0.05, 0.1) is 58.0 Å². The molecule has 3 rings (SSSR count). The van der Waals surface area contributed by atoms with Gasteiger partial charge in [0.2, 0.25) is 5.91 Å². The van der Waals surface area contributed by atoms with Gasteiger partial charge in [-0.25, -0.2) is 16.8 Å². The van der Waals surface area contributed by atoms with Gasteiger partial charge in [-0.3, -0.25) is 4.79 Å². The molecule has 0 aliphatic heterocycles. The van der Waals surface area contributed by atoms with Crippen molar-refractivity contribution in [2.45, 2.75) is 23.1 Å². The summed E-state index contributed by atoms with van der Waals surface area (Å²) in [5.74, 6) is -1.12.